The summed E-state index contributed by atoms with van der Waals surface area (Å²) < 4.78 is 13.4. The number of nitrogens with one attached hydrogen (secondary N) is 2. The van der Waals surface area contributed by atoms with Crippen molar-refractivity contribution in [2.24, 2.45) is 5.92 Å². The van der Waals surface area contributed by atoms with E-state index in [0.29, 0.717) is 18.9 Å². The molecule has 1 aromatic heterocycles. The molecule has 3 aromatic rings. The smallest absolute Gasteiger partial charge is 0.230 e. The molecule has 0 unspecified atom stereocenters. The van der Waals surface area contributed by atoms with Gasteiger partial charge in [0.2, 0.25) is 5.91 Å². The second-order valence-electron chi connectivity index (χ2n) is 7.55. The van der Waals surface area contributed by atoms with E-state index in [9.17, 15) is 14.3 Å². The molecule has 0 spiro atoms. The predicted octanol–water partition coefficient (Wildman–Crippen LogP) is 3.17. The number of aromatic hydroxyl groups is 1. The van der Waals surface area contributed by atoms with E-state index < -0.39 is 11.6 Å². The number of nitrogen functional groups attached to an aromatic ring is 1. The fourth-order valence-electron chi connectivity index (χ4n) is 3.40. The van der Waals surface area contributed by atoms with E-state index in [1.807, 2.05) is 30.3 Å². The molecule has 1 fully saturated rings. The van der Waals surface area contributed by atoms with Crippen LogP contribution in [0, 0.1) is 17.1 Å². The number of aromatic nitrogens is 2. The highest BCUT2D eigenvalue weighted by molar-refractivity contribution is 6.16. The Morgan fingerprint density at radius 2 is 1.97 bits per heavy atom. The fraction of sp³-hybridized carbons (Fsp3) is 0.217. The van der Waals surface area contributed by atoms with Crippen LogP contribution in [0.3, 0.4) is 0 Å². The average Bonchev–Trinajstić information content (AvgIpc) is 3.64. The minimum Gasteiger partial charge on any atom is -0.505 e. The van der Waals surface area contributed by atoms with E-state index >= 15 is 0 Å². The van der Waals surface area contributed by atoms with Crippen LogP contribution in [0.15, 0.2) is 54.9 Å². The molecule has 164 valence electrons. The van der Waals surface area contributed by atoms with E-state index in [2.05, 4.69) is 15.3 Å². The summed E-state index contributed by atoms with van der Waals surface area (Å²) in [6.45, 7) is 0.756. The summed E-state index contributed by atoms with van der Waals surface area (Å²) >= 11 is 0. The van der Waals surface area contributed by atoms with E-state index in [1.165, 1.54) is 12.4 Å². The summed E-state index contributed by atoms with van der Waals surface area (Å²) in [6, 6.07) is 13.1. The summed E-state index contributed by atoms with van der Waals surface area (Å²) in [7, 11) is 0. The second kappa shape index (κ2) is 9.01. The van der Waals surface area contributed by atoms with Crippen LogP contribution < -0.4 is 16.0 Å². The number of carbonyl (C=O) groups is 1. The van der Waals surface area contributed by atoms with Gasteiger partial charge in [0.05, 0.1) is 11.3 Å². The monoisotopic (exact) mass is 434 g/mol. The molecule has 9 heteroatoms. The number of nitrogens with two attached hydrogens (primary N) is 1. The molecule has 1 aliphatic carbocycles. The zero-order valence-electron chi connectivity index (χ0n) is 17.3. The molecule has 0 atom stereocenters. The summed E-state index contributed by atoms with van der Waals surface area (Å²) in [5.74, 6) is -0.786. The molecule has 0 aliphatic heterocycles. The van der Waals surface area contributed by atoms with Crippen LogP contribution in [0.4, 0.5) is 21.7 Å². The van der Waals surface area contributed by atoms with Crippen molar-refractivity contribution in [3.05, 3.63) is 71.8 Å². The van der Waals surface area contributed by atoms with Crippen molar-refractivity contribution in [3.8, 4) is 5.75 Å². The lowest BCUT2D eigenvalue weighted by atomic mass is 10.0. The molecule has 1 heterocycles. The van der Waals surface area contributed by atoms with Gasteiger partial charge >= 0.3 is 0 Å². The van der Waals surface area contributed by atoms with Gasteiger partial charge in [0.15, 0.2) is 11.6 Å². The highest BCUT2D eigenvalue weighted by Crippen LogP contribution is 2.32. The van der Waals surface area contributed by atoms with Gasteiger partial charge in [0.25, 0.3) is 0 Å². The van der Waals surface area contributed by atoms with Gasteiger partial charge in [-0.1, -0.05) is 18.2 Å². The normalized spacial score (nSPS) is 12.9. The lowest BCUT2D eigenvalue weighted by Gasteiger charge is -2.23. The SMILES string of the molecule is N=C(c1ccc(F)c(O)c1)c1c(N)ncnc1NCCN(C(=O)C1CC1)c1ccccc1. The number of carbonyl (C=O) groups excluding carboxylic acids is 1. The Balaban J connectivity index is 1.53. The van der Waals surface area contributed by atoms with Gasteiger partial charge in [0.1, 0.15) is 18.0 Å². The molecule has 1 saturated carbocycles. The minimum atomic E-state index is -0.779. The van der Waals surface area contributed by atoms with Crippen molar-refractivity contribution in [3.63, 3.8) is 0 Å². The molecule has 1 amide bonds. The van der Waals surface area contributed by atoms with Gasteiger partial charge in [-0.3, -0.25) is 10.2 Å². The highest BCUT2D eigenvalue weighted by Gasteiger charge is 2.33. The number of anilines is 3. The highest BCUT2D eigenvalue weighted by atomic mass is 19.1. The third-order valence-corrected chi connectivity index (χ3v) is 5.25. The number of phenols is 1. The number of halogens is 1. The number of rotatable bonds is 8. The molecule has 0 saturated heterocycles. The maximum absolute atomic E-state index is 13.4. The Hall–Kier alpha value is -4.01. The van der Waals surface area contributed by atoms with Gasteiger partial charge in [-0.05, 0) is 43.2 Å². The van der Waals surface area contributed by atoms with Crippen LogP contribution in [-0.4, -0.2) is 39.8 Å². The Labute approximate surface area is 184 Å². The third-order valence-electron chi connectivity index (χ3n) is 5.25. The minimum absolute atomic E-state index is 0.0603. The Morgan fingerprint density at radius 1 is 1.22 bits per heavy atom. The maximum Gasteiger partial charge on any atom is 0.230 e. The molecule has 4 rings (SSSR count). The standard InChI is InChI=1S/C23H23FN6O2/c24-17-9-8-15(12-18(17)31)20(25)19-21(26)28-13-29-22(19)27-10-11-30(23(32)14-6-7-14)16-4-2-1-3-5-16/h1-5,8-9,12-14,25,31H,6-7,10-11H2,(H3,26,27,28,29). The number of para-hydroxylation sites is 1. The van der Waals surface area contributed by atoms with Crippen molar-refractivity contribution in [1.82, 2.24) is 9.97 Å². The number of hydrogen-bond donors (Lipinski definition) is 4. The number of nitrogens with zero attached hydrogens (tertiary/aromatic N) is 3. The largest absolute Gasteiger partial charge is 0.505 e. The van der Waals surface area contributed by atoms with E-state index in [1.54, 1.807) is 4.90 Å². The fourth-order valence-corrected chi connectivity index (χ4v) is 3.40. The van der Waals surface area contributed by atoms with Crippen molar-refractivity contribution in [2.75, 3.05) is 29.0 Å². The molecule has 0 radical (unpaired) electrons. The average molecular weight is 434 g/mol. The first-order chi connectivity index (χ1) is 15.5. The van der Waals surface area contributed by atoms with Gasteiger partial charge in [-0.25, -0.2) is 14.4 Å². The van der Waals surface area contributed by atoms with Crippen LogP contribution in [-0.2, 0) is 4.79 Å². The van der Waals surface area contributed by atoms with Crippen LogP contribution in [0.1, 0.15) is 24.0 Å². The van der Waals surface area contributed by atoms with Gasteiger partial charge in [-0.2, -0.15) is 0 Å². The molecule has 32 heavy (non-hydrogen) atoms. The van der Waals surface area contributed by atoms with Crippen molar-refractivity contribution >= 4 is 28.9 Å². The topological polar surface area (TPSA) is 128 Å². The van der Waals surface area contributed by atoms with Crippen LogP contribution in [0.5, 0.6) is 5.75 Å². The molecule has 0 bridgehead atoms. The van der Waals surface area contributed by atoms with Crippen molar-refractivity contribution in [2.45, 2.75) is 12.8 Å². The molecular weight excluding hydrogens is 411 g/mol. The van der Waals surface area contributed by atoms with E-state index in [0.717, 1.165) is 30.7 Å². The van der Waals surface area contributed by atoms with E-state index in [4.69, 9.17) is 11.1 Å². The first-order valence-electron chi connectivity index (χ1n) is 10.2. The number of hydrogen-bond acceptors (Lipinski definition) is 7. The third kappa shape index (κ3) is 4.51. The van der Waals surface area contributed by atoms with E-state index in [-0.39, 0.29) is 34.5 Å². The summed E-state index contributed by atoms with van der Waals surface area (Å²) in [4.78, 5) is 22.7. The predicted molar refractivity (Wildman–Crippen MR) is 120 cm³/mol. The first kappa shape index (κ1) is 21.2. The Bertz CT molecular complexity index is 1150. The number of phenolic OH excluding ortho intramolecular Hbond substituents is 1. The summed E-state index contributed by atoms with van der Waals surface area (Å²) in [5.41, 5.74) is 7.28. The molecule has 2 aromatic carbocycles. The summed E-state index contributed by atoms with van der Waals surface area (Å²) in [5, 5.41) is 21.3. The van der Waals surface area contributed by atoms with Crippen molar-refractivity contribution in [1.29, 1.82) is 5.41 Å². The zero-order chi connectivity index (χ0) is 22.7. The van der Waals surface area contributed by atoms with Gasteiger partial charge < -0.3 is 21.1 Å². The summed E-state index contributed by atoms with van der Waals surface area (Å²) in [6.07, 6.45) is 3.09. The molecular formula is C23H23FN6O2. The van der Waals surface area contributed by atoms with Gasteiger partial charge in [-0.15, -0.1) is 0 Å². The quantitative estimate of drug-likeness (QED) is 0.403. The lowest BCUT2D eigenvalue weighted by molar-refractivity contribution is -0.119. The second-order valence-corrected chi connectivity index (χ2v) is 7.55. The molecule has 8 nitrogen and oxygen atoms in total. The Morgan fingerprint density at radius 3 is 2.66 bits per heavy atom. The first-order valence-corrected chi connectivity index (χ1v) is 10.2. The van der Waals surface area contributed by atoms with Crippen LogP contribution in [0.2, 0.25) is 0 Å². The molecule has 1 aliphatic rings. The van der Waals surface area contributed by atoms with Crippen molar-refractivity contribution < 1.29 is 14.3 Å². The van der Waals surface area contributed by atoms with Gasteiger partial charge in [0, 0.05) is 30.3 Å². The van der Waals surface area contributed by atoms with Crippen LogP contribution >= 0.6 is 0 Å². The number of benzene rings is 2. The lowest BCUT2D eigenvalue weighted by Crippen LogP contribution is -2.36. The van der Waals surface area contributed by atoms with Crippen LogP contribution in [0.25, 0.3) is 0 Å². The Kier molecular flexibility index (Phi) is 5.98. The maximum atomic E-state index is 13.4. The zero-order valence-corrected chi connectivity index (χ0v) is 17.3. The number of amides is 1. The molecule has 5 N–H and O–H groups in total.